The minimum atomic E-state index is 0.103. The predicted molar refractivity (Wildman–Crippen MR) is 98.6 cm³/mol. The van der Waals surface area contributed by atoms with E-state index in [0.717, 1.165) is 25.2 Å². The van der Waals surface area contributed by atoms with Gasteiger partial charge in [0, 0.05) is 44.2 Å². The van der Waals surface area contributed by atoms with Gasteiger partial charge in [0.2, 0.25) is 11.8 Å². The van der Waals surface area contributed by atoms with Crippen LogP contribution in [0.3, 0.4) is 0 Å². The molecule has 3 rings (SSSR count). The summed E-state index contributed by atoms with van der Waals surface area (Å²) in [6, 6.07) is 7.42. The Kier molecular flexibility index (Phi) is 6.32. The number of likely N-dealkylation sites (tertiary alicyclic amines) is 1. The molecule has 0 spiro atoms. The number of hydrogen-bond acceptors (Lipinski definition) is 3. The maximum Gasteiger partial charge on any atom is 0.227 e. The molecule has 0 radical (unpaired) electrons. The van der Waals surface area contributed by atoms with Gasteiger partial charge in [-0.2, -0.15) is 0 Å². The van der Waals surface area contributed by atoms with Gasteiger partial charge in [-0.05, 0) is 43.6 Å². The van der Waals surface area contributed by atoms with Crippen molar-refractivity contribution in [1.29, 1.82) is 0 Å². The third-order valence-corrected chi connectivity index (χ3v) is 5.31. The molecule has 2 fully saturated rings. The predicted octanol–water partition coefficient (Wildman–Crippen LogP) is 2.04. The fraction of sp³-hybridized carbons (Fsp3) is 0.579. The Hall–Kier alpha value is -1.59. The molecule has 1 aromatic rings. The average molecular weight is 364 g/mol. The Labute approximate surface area is 154 Å². The number of piperazine rings is 1. The second-order valence-electron chi connectivity index (χ2n) is 6.87. The minimum Gasteiger partial charge on any atom is -0.339 e. The summed E-state index contributed by atoms with van der Waals surface area (Å²) in [6.07, 6.45) is 3.46. The normalized spacial score (nSPS) is 18.6. The van der Waals surface area contributed by atoms with Gasteiger partial charge >= 0.3 is 0 Å². The molecular weight excluding hydrogens is 338 g/mol. The lowest BCUT2D eigenvalue weighted by Gasteiger charge is -2.35. The van der Waals surface area contributed by atoms with Crippen LogP contribution in [-0.4, -0.2) is 72.3 Å². The zero-order valence-corrected chi connectivity index (χ0v) is 15.4. The summed E-state index contributed by atoms with van der Waals surface area (Å²) in [5.74, 6) is 0.320. The summed E-state index contributed by atoms with van der Waals surface area (Å²) in [5, 5.41) is 0.652. The van der Waals surface area contributed by atoms with Gasteiger partial charge in [-0.3, -0.25) is 9.59 Å². The van der Waals surface area contributed by atoms with E-state index >= 15 is 0 Å². The van der Waals surface area contributed by atoms with E-state index in [4.69, 9.17) is 11.6 Å². The van der Waals surface area contributed by atoms with Gasteiger partial charge in [0.05, 0.1) is 6.42 Å². The molecule has 1 aromatic carbocycles. The number of amides is 2. The van der Waals surface area contributed by atoms with Crippen LogP contribution in [0.1, 0.15) is 24.8 Å². The first kappa shape index (κ1) is 18.2. The summed E-state index contributed by atoms with van der Waals surface area (Å²) < 4.78 is 0. The van der Waals surface area contributed by atoms with Crippen LogP contribution in [-0.2, 0) is 16.0 Å². The molecule has 6 heteroatoms. The van der Waals surface area contributed by atoms with Crippen LogP contribution in [0.25, 0.3) is 0 Å². The van der Waals surface area contributed by atoms with Crippen LogP contribution < -0.4 is 0 Å². The van der Waals surface area contributed by atoms with E-state index in [1.807, 2.05) is 34.1 Å². The molecule has 0 unspecified atom stereocenters. The van der Waals surface area contributed by atoms with Gasteiger partial charge in [-0.15, -0.1) is 0 Å². The first-order chi connectivity index (χ1) is 12.1. The summed E-state index contributed by atoms with van der Waals surface area (Å²) in [4.78, 5) is 30.9. The number of rotatable bonds is 5. The Morgan fingerprint density at radius 1 is 0.920 bits per heavy atom. The largest absolute Gasteiger partial charge is 0.339 e. The summed E-state index contributed by atoms with van der Waals surface area (Å²) in [7, 11) is 0. The van der Waals surface area contributed by atoms with Gasteiger partial charge in [-0.1, -0.05) is 23.7 Å². The molecule has 2 saturated heterocycles. The molecule has 2 heterocycles. The molecule has 2 amide bonds. The summed E-state index contributed by atoms with van der Waals surface area (Å²) >= 11 is 5.97. The average Bonchev–Trinajstić information content (AvgIpc) is 3.13. The molecule has 0 aromatic heterocycles. The molecule has 0 bridgehead atoms. The summed E-state index contributed by atoms with van der Waals surface area (Å²) in [5.41, 5.74) is 0.932. The highest BCUT2D eigenvalue weighted by Gasteiger charge is 2.24. The highest BCUT2D eigenvalue weighted by molar-refractivity contribution is 6.30. The van der Waals surface area contributed by atoms with Crippen molar-refractivity contribution in [1.82, 2.24) is 14.7 Å². The van der Waals surface area contributed by atoms with E-state index < -0.39 is 0 Å². The van der Waals surface area contributed by atoms with Crippen LogP contribution in [0.2, 0.25) is 5.02 Å². The Morgan fingerprint density at radius 3 is 2.20 bits per heavy atom. The SMILES string of the molecule is O=C(CCN1CCCC1)N1CCN(C(=O)Cc2cccc(Cl)c2)CC1. The second-order valence-corrected chi connectivity index (χ2v) is 7.30. The van der Waals surface area contributed by atoms with Crippen molar-refractivity contribution in [3.8, 4) is 0 Å². The molecule has 2 aliphatic heterocycles. The smallest absolute Gasteiger partial charge is 0.227 e. The van der Waals surface area contributed by atoms with Crippen LogP contribution in [0.5, 0.6) is 0 Å². The first-order valence-corrected chi connectivity index (χ1v) is 9.52. The second kappa shape index (κ2) is 8.68. The highest BCUT2D eigenvalue weighted by Crippen LogP contribution is 2.13. The van der Waals surface area contributed by atoms with Crippen molar-refractivity contribution in [2.24, 2.45) is 0 Å². The number of hydrogen-bond donors (Lipinski definition) is 0. The molecule has 25 heavy (non-hydrogen) atoms. The molecule has 2 aliphatic rings. The quantitative estimate of drug-likeness (QED) is 0.804. The number of halogens is 1. The number of benzene rings is 1. The van der Waals surface area contributed by atoms with Gasteiger partial charge in [0.1, 0.15) is 0 Å². The zero-order chi connectivity index (χ0) is 17.6. The van der Waals surface area contributed by atoms with Gasteiger partial charge in [0.15, 0.2) is 0 Å². The van der Waals surface area contributed by atoms with Crippen molar-refractivity contribution < 1.29 is 9.59 Å². The van der Waals surface area contributed by atoms with E-state index in [1.165, 1.54) is 12.8 Å². The van der Waals surface area contributed by atoms with E-state index in [-0.39, 0.29) is 11.8 Å². The fourth-order valence-corrected chi connectivity index (χ4v) is 3.77. The lowest BCUT2D eigenvalue weighted by atomic mass is 10.1. The first-order valence-electron chi connectivity index (χ1n) is 9.14. The van der Waals surface area contributed by atoms with Gasteiger partial charge < -0.3 is 14.7 Å². The molecule has 5 nitrogen and oxygen atoms in total. The monoisotopic (exact) mass is 363 g/mol. The van der Waals surface area contributed by atoms with Crippen molar-refractivity contribution in [3.63, 3.8) is 0 Å². The maximum absolute atomic E-state index is 12.4. The lowest BCUT2D eigenvalue weighted by Crippen LogP contribution is -2.51. The van der Waals surface area contributed by atoms with Crippen LogP contribution in [0.15, 0.2) is 24.3 Å². The van der Waals surface area contributed by atoms with Crippen molar-refractivity contribution >= 4 is 23.4 Å². The van der Waals surface area contributed by atoms with Gasteiger partial charge in [0.25, 0.3) is 0 Å². The van der Waals surface area contributed by atoms with Crippen molar-refractivity contribution in [2.45, 2.75) is 25.7 Å². The van der Waals surface area contributed by atoms with Gasteiger partial charge in [-0.25, -0.2) is 0 Å². The van der Waals surface area contributed by atoms with Crippen LogP contribution in [0.4, 0.5) is 0 Å². The van der Waals surface area contributed by atoms with Crippen molar-refractivity contribution in [3.05, 3.63) is 34.9 Å². The number of carbonyl (C=O) groups excluding carboxylic acids is 2. The van der Waals surface area contributed by atoms with Crippen LogP contribution >= 0.6 is 11.6 Å². The Balaban J connectivity index is 1.41. The van der Waals surface area contributed by atoms with E-state index in [1.54, 1.807) is 0 Å². The summed E-state index contributed by atoms with van der Waals surface area (Å²) in [6.45, 7) is 5.63. The molecule has 0 saturated carbocycles. The number of nitrogens with zero attached hydrogens (tertiary/aromatic N) is 3. The topological polar surface area (TPSA) is 43.9 Å². The maximum atomic E-state index is 12.4. The number of carbonyl (C=O) groups is 2. The van der Waals surface area contributed by atoms with E-state index in [2.05, 4.69) is 4.90 Å². The van der Waals surface area contributed by atoms with Crippen molar-refractivity contribution in [2.75, 3.05) is 45.8 Å². The molecule has 0 aliphatic carbocycles. The zero-order valence-electron chi connectivity index (χ0n) is 14.6. The molecule has 136 valence electrons. The Bertz CT molecular complexity index is 608. The highest BCUT2D eigenvalue weighted by atomic mass is 35.5. The fourth-order valence-electron chi connectivity index (χ4n) is 3.56. The minimum absolute atomic E-state index is 0.103. The molecule has 0 N–H and O–H groups in total. The third-order valence-electron chi connectivity index (χ3n) is 5.07. The molecular formula is C19H26ClN3O2. The van der Waals surface area contributed by atoms with E-state index in [0.29, 0.717) is 44.0 Å². The van der Waals surface area contributed by atoms with Crippen LogP contribution in [0, 0.1) is 0 Å². The standard InChI is InChI=1S/C19H26ClN3O2/c20-17-5-3-4-16(14-17)15-19(25)23-12-10-22(11-13-23)18(24)6-9-21-7-1-2-8-21/h3-5,14H,1-2,6-13,15H2. The Morgan fingerprint density at radius 2 is 1.56 bits per heavy atom. The van der Waals surface area contributed by atoms with E-state index in [9.17, 15) is 9.59 Å². The third kappa shape index (κ3) is 5.19. The lowest BCUT2D eigenvalue weighted by molar-refractivity contribution is -0.139. The molecule has 0 atom stereocenters.